The average molecular weight is 299 g/mol. The molecule has 0 aromatic heterocycles. The van der Waals surface area contributed by atoms with E-state index in [1.807, 2.05) is 6.92 Å². The molecule has 0 heterocycles. The van der Waals surface area contributed by atoms with Crippen LogP contribution in [0.1, 0.15) is 13.3 Å². The van der Waals surface area contributed by atoms with Gasteiger partial charge >= 0.3 is 0 Å². The summed E-state index contributed by atoms with van der Waals surface area (Å²) in [5.74, 6) is -0.0189. The molecule has 6 nitrogen and oxygen atoms in total. The van der Waals surface area contributed by atoms with Crippen LogP contribution in [0.5, 0.6) is 0 Å². The number of amides is 1. The van der Waals surface area contributed by atoms with E-state index in [0.29, 0.717) is 18.7 Å². The summed E-state index contributed by atoms with van der Waals surface area (Å²) in [7, 11) is -0.498. The predicted molar refractivity (Wildman–Crippen MR) is 78.8 cm³/mol. The van der Waals surface area contributed by atoms with Crippen molar-refractivity contribution in [3.63, 3.8) is 0 Å². The van der Waals surface area contributed by atoms with Gasteiger partial charge in [0.2, 0.25) is 15.9 Å². The van der Waals surface area contributed by atoms with Gasteiger partial charge in [-0.3, -0.25) is 4.79 Å². The normalized spacial score (nSPS) is 13.2. The number of hydrogen-bond acceptors (Lipinski definition) is 4. The van der Waals surface area contributed by atoms with Crippen LogP contribution in [0.4, 0.5) is 5.69 Å². The van der Waals surface area contributed by atoms with Gasteiger partial charge in [0.15, 0.2) is 0 Å². The summed E-state index contributed by atoms with van der Waals surface area (Å²) in [5.41, 5.74) is 6.03. The average Bonchev–Trinajstić information content (AvgIpc) is 2.38. The number of rotatable bonds is 6. The van der Waals surface area contributed by atoms with Crippen LogP contribution < -0.4 is 11.1 Å². The first-order valence-corrected chi connectivity index (χ1v) is 7.74. The van der Waals surface area contributed by atoms with Gasteiger partial charge in [-0.15, -0.1) is 0 Å². The highest BCUT2D eigenvalue weighted by molar-refractivity contribution is 7.89. The molecule has 1 aromatic carbocycles. The zero-order valence-electron chi connectivity index (χ0n) is 12.0. The van der Waals surface area contributed by atoms with Crippen molar-refractivity contribution in [1.82, 2.24) is 4.31 Å². The summed E-state index contributed by atoms with van der Waals surface area (Å²) in [6.45, 7) is 2.35. The number of carbonyl (C=O) groups is 1. The van der Waals surface area contributed by atoms with Crippen LogP contribution >= 0.6 is 0 Å². The Morgan fingerprint density at radius 1 is 1.30 bits per heavy atom. The van der Waals surface area contributed by atoms with E-state index in [2.05, 4.69) is 5.32 Å². The molecular weight excluding hydrogens is 278 g/mol. The fraction of sp³-hybridized carbons (Fsp3) is 0.462. The molecule has 112 valence electrons. The second-order valence-electron chi connectivity index (χ2n) is 4.90. The Bertz CT molecular complexity index is 553. The van der Waals surface area contributed by atoms with Crippen molar-refractivity contribution in [1.29, 1.82) is 0 Å². The van der Waals surface area contributed by atoms with Crippen LogP contribution in [-0.2, 0) is 14.8 Å². The van der Waals surface area contributed by atoms with Crippen LogP contribution in [0.25, 0.3) is 0 Å². The number of sulfonamides is 1. The van der Waals surface area contributed by atoms with Crippen LogP contribution in [0.2, 0.25) is 0 Å². The molecule has 0 saturated heterocycles. The fourth-order valence-corrected chi connectivity index (χ4v) is 2.43. The van der Waals surface area contributed by atoms with Crippen molar-refractivity contribution in [3.05, 3.63) is 24.3 Å². The molecule has 20 heavy (non-hydrogen) atoms. The topological polar surface area (TPSA) is 92.5 Å². The molecule has 0 saturated carbocycles. The van der Waals surface area contributed by atoms with E-state index in [-0.39, 0.29) is 16.7 Å². The lowest BCUT2D eigenvalue weighted by atomic mass is 10.1. The molecule has 1 rings (SSSR count). The van der Waals surface area contributed by atoms with E-state index < -0.39 is 10.0 Å². The molecule has 0 aliphatic heterocycles. The minimum atomic E-state index is -3.44. The molecule has 1 aromatic rings. The molecule has 1 atom stereocenters. The standard InChI is InChI=1S/C13H21N3O3S/c1-10(9-14)8-13(17)15-11-4-6-12(7-5-11)20(18,19)16(2)3/h4-7,10H,8-9,14H2,1-3H3,(H,15,17). The number of carbonyl (C=O) groups excluding carboxylic acids is 1. The maximum absolute atomic E-state index is 11.9. The molecule has 0 radical (unpaired) electrons. The predicted octanol–water partition coefficient (Wildman–Crippen LogP) is 0.860. The highest BCUT2D eigenvalue weighted by Crippen LogP contribution is 2.17. The zero-order valence-corrected chi connectivity index (χ0v) is 12.8. The van der Waals surface area contributed by atoms with Gasteiger partial charge in [0.1, 0.15) is 0 Å². The molecule has 0 spiro atoms. The largest absolute Gasteiger partial charge is 0.330 e. The van der Waals surface area contributed by atoms with Gasteiger partial charge in [0.25, 0.3) is 0 Å². The van der Waals surface area contributed by atoms with Crippen LogP contribution in [0, 0.1) is 5.92 Å². The summed E-state index contributed by atoms with van der Waals surface area (Å²) >= 11 is 0. The van der Waals surface area contributed by atoms with E-state index in [9.17, 15) is 13.2 Å². The maximum atomic E-state index is 11.9. The maximum Gasteiger partial charge on any atom is 0.242 e. The molecule has 1 unspecified atom stereocenters. The number of benzene rings is 1. The first kappa shape index (κ1) is 16.6. The van der Waals surface area contributed by atoms with E-state index in [1.165, 1.54) is 26.2 Å². The first-order valence-electron chi connectivity index (χ1n) is 6.30. The molecule has 0 aliphatic carbocycles. The molecular formula is C13H21N3O3S. The lowest BCUT2D eigenvalue weighted by Crippen LogP contribution is -2.22. The highest BCUT2D eigenvalue weighted by atomic mass is 32.2. The van der Waals surface area contributed by atoms with Gasteiger partial charge in [0, 0.05) is 26.2 Å². The van der Waals surface area contributed by atoms with Gasteiger partial charge < -0.3 is 11.1 Å². The lowest BCUT2D eigenvalue weighted by molar-refractivity contribution is -0.116. The third kappa shape index (κ3) is 4.29. The molecule has 0 fully saturated rings. The van der Waals surface area contributed by atoms with Crippen molar-refractivity contribution < 1.29 is 13.2 Å². The van der Waals surface area contributed by atoms with Crippen molar-refractivity contribution in [2.45, 2.75) is 18.2 Å². The van der Waals surface area contributed by atoms with Gasteiger partial charge in [-0.05, 0) is 36.7 Å². The monoisotopic (exact) mass is 299 g/mol. The second kappa shape index (κ2) is 6.83. The van der Waals surface area contributed by atoms with E-state index >= 15 is 0 Å². The minimum absolute atomic E-state index is 0.114. The summed E-state index contributed by atoms with van der Waals surface area (Å²) in [4.78, 5) is 11.9. The van der Waals surface area contributed by atoms with E-state index in [1.54, 1.807) is 12.1 Å². The van der Waals surface area contributed by atoms with Gasteiger partial charge in [-0.25, -0.2) is 12.7 Å². The number of nitrogens with two attached hydrogens (primary N) is 1. The molecule has 0 aliphatic rings. The lowest BCUT2D eigenvalue weighted by Gasteiger charge is -2.12. The van der Waals surface area contributed by atoms with Crippen molar-refractivity contribution in [2.24, 2.45) is 11.7 Å². The Hall–Kier alpha value is -1.44. The van der Waals surface area contributed by atoms with Crippen LogP contribution in [-0.4, -0.2) is 39.3 Å². The fourth-order valence-electron chi connectivity index (χ4n) is 1.53. The third-order valence-electron chi connectivity index (χ3n) is 2.85. The minimum Gasteiger partial charge on any atom is -0.330 e. The van der Waals surface area contributed by atoms with Crippen molar-refractivity contribution in [3.8, 4) is 0 Å². The van der Waals surface area contributed by atoms with Gasteiger partial charge in [-0.2, -0.15) is 0 Å². The SMILES string of the molecule is CC(CN)CC(=O)Nc1ccc(S(=O)(=O)N(C)C)cc1. The second-order valence-corrected chi connectivity index (χ2v) is 7.06. The Kier molecular flexibility index (Phi) is 5.67. The quantitative estimate of drug-likeness (QED) is 0.815. The zero-order chi connectivity index (χ0) is 15.3. The van der Waals surface area contributed by atoms with Gasteiger partial charge in [-0.1, -0.05) is 6.92 Å². The highest BCUT2D eigenvalue weighted by Gasteiger charge is 2.16. The summed E-state index contributed by atoms with van der Waals surface area (Å²) in [5, 5.41) is 2.71. The Morgan fingerprint density at radius 2 is 1.85 bits per heavy atom. The van der Waals surface area contributed by atoms with E-state index in [0.717, 1.165) is 4.31 Å². The van der Waals surface area contributed by atoms with Crippen LogP contribution in [0.3, 0.4) is 0 Å². The number of nitrogens with one attached hydrogen (secondary N) is 1. The van der Waals surface area contributed by atoms with Crippen molar-refractivity contribution in [2.75, 3.05) is 26.0 Å². The van der Waals surface area contributed by atoms with Gasteiger partial charge in [0.05, 0.1) is 4.90 Å². The molecule has 1 amide bonds. The Balaban J connectivity index is 2.75. The summed E-state index contributed by atoms with van der Waals surface area (Å²) in [6.07, 6.45) is 0.342. The van der Waals surface area contributed by atoms with Crippen molar-refractivity contribution >= 4 is 21.6 Å². The smallest absolute Gasteiger partial charge is 0.242 e. The molecule has 0 bridgehead atoms. The Labute approximate surface area is 120 Å². The summed E-state index contributed by atoms with van der Waals surface area (Å²) in [6, 6.07) is 6.08. The number of anilines is 1. The first-order chi connectivity index (χ1) is 9.27. The number of nitrogens with zero attached hydrogens (tertiary/aromatic N) is 1. The number of hydrogen-bond donors (Lipinski definition) is 2. The van der Waals surface area contributed by atoms with E-state index in [4.69, 9.17) is 5.73 Å². The Morgan fingerprint density at radius 3 is 2.30 bits per heavy atom. The third-order valence-corrected chi connectivity index (χ3v) is 4.68. The molecule has 7 heteroatoms. The van der Waals surface area contributed by atoms with Crippen LogP contribution in [0.15, 0.2) is 29.2 Å². The molecule has 3 N–H and O–H groups in total. The summed E-state index contributed by atoms with van der Waals surface area (Å²) < 4.78 is 24.9.